The number of imidazole rings is 1. The van der Waals surface area contributed by atoms with Crippen LogP contribution in [0.25, 0.3) is 0 Å². The number of nitrogens with one attached hydrogen (secondary N) is 1. The molecule has 3 heterocycles. The molecule has 2 aromatic rings. The largest absolute Gasteiger partial charge is 0.337 e. The van der Waals surface area contributed by atoms with Crippen LogP contribution in [0.2, 0.25) is 0 Å². The van der Waals surface area contributed by atoms with Crippen LogP contribution in [0.3, 0.4) is 0 Å². The first-order valence-electron chi connectivity index (χ1n) is 8.74. The minimum Gasteiger partial charge on any atom is -0.337 e. The van der Waals surface area contributed by atoms with Crippen LogP contribution in [-0.2, 0) is 20.0 Å². The van der Waals surface area contributed by atoms with E-state index in [2.05, 4.69) is 20.2 Å². The third kappa shape index (κ3) is 4.79. The van der Waals surface area contributed by atoms with E-state index in [1.165, 1.54) is 0 Å². The molecular weight excluding hydrogens is 316 g/mol. The molecule has 2 aromatic heterocycles. The third-order valence-electron chi connectivity index (χ3n) is 4.58. The molecule has 25 heavy (non-hydrogen) atoms. The van der Waals surface area contributed by atoms with Gasteiger partial charge in [0.05, 0.1) is 6.54 Å². The molecule has 1 N–H and O–H groups in total. The first-order chi connectivity index (χ1) is 12.1. The van der Waals surface area contributed by atoms with Crippen molar-refractivity contribution in [2.75, 3.05) is 26.2 Å². The summed E-state index contributed by atoms with van der Waals surface area (Å²) >= 11 is 0. The van der Waals surface area contributed by atoms with Crippen molar-refractivity contribution in [2.45, 2.75) is 25.9 Å². The highest BCUT2D eigenvalue weighted by molar-refractivity contribution is 5.74. The number of pyridine rings is 1. The van der Waals surface area contributed by atoms with E-state index in [0.29, 0.717) is 0 Å². The molecule has 0 spiro atoms. The van der Waals surface area contributed by atoms with Crippen molar-refractivity contribution in [3.63, 3.8) is 0 Å². The molecule has 7 nitrogen and oxygen atoms in total. The van der Waals surface area contributed by atoms with Gasteiger partial charge in [-0.3, -0.25) is 9.88 Å². The zero-order valence-electron chi connectivity index (χ0n) is 14.9. The van der Waals surface area contributed by atoms with Crippen LogP contribution < -0.4 is 5.32 Å². The monoisotopic (exact) mass is 342 g/mol. The first kappa shape index (κ1) is 17.4. The number of hydrogen-bond donors (Lipinski definition) is 1. The van der Waals surface area contributed by atoms with Crippen molar-refractivity contribution in [1.29, 1.82) is 0 Å². The van der Waals surface area contributed by atoms with Crippen LogP contribution in [-0.4, -0.2) is 62.6 Å². The average Bonchev–Trinajstić information content (AvgIpc) is 3.01. The van der Waals surface area contributed by atoms with Crippen molar-refractivity contribution >= 4 is 6.03 Å². The van der Waals surface area contributed by atoms with E-state index >= 15 is 0 Å². The van der Waals surface area contributed by atoms with Gasteiger partial charge in [0, 0.05) is 64.1 Å². The van der Waals surface area contributed by atoms with E-state index in [4.69, 9.17) is 0 Å². The van der Waals surface area contributed by atoms with Gasteiger partial charge in [-0.15, -0.1) is 0 Å². The van der Waals surface area contributed by atoms with E-state index < -0.39 is 0 Å². The molecule has 1 saturated heterocycles. The lowest BCUT2D eigenvalue weighted by molar-refractivity contribution is 0.131. The Morgan fingerprint density at radius 1 is 1.28 bits per heavy atom. The maximum atomic E-state index is 12.4. The quantitative estimate of drug-likeness (QED) is 0.889. The Kier molecular flexibility index (Phi) is 5.65. The topological polar surface area (TPSA) is 66.3 Å². The van der Waals surface area contributed by atoms with Crippen molar-refractivity contribution in [1.82, 2.24) is 29.7 Å². The SMILES string of the molecule is C[C@@H](Cc1cccnc1)NC(=O)N1CCN(Cc2nccn2C)CC1. The van der Waals surface area contributed by atoms with Gasteiger partial charge in [0.15, 0.2) is 0 Å². The molecule has 1 aliphatic heterocycles. The molecule has 1 aliphatic rings. The Labute approximate surface area is 148 Å². The molecule has 2 amide bonds. The number of piperazine rings is 1. The third-order valence-corrected chi connectivity index (χ3v) is 4.58. The lowest BCUT2D eigenvalue weighted by Crippen LogP contribution is -2.53. The van der Waals surface area contributed by atoms with Crippen LogP contribution in [0.1, 0.15) is 18.3 Å². The van der Waals surface area contributed by atoms with Gasteiger partial charge in [-0.05, 0) is 25.0 Å². The predicted molar refractivity (Wildman–Crippen MR) is 96.0 cm³/mol. The molecule has 0 aromatic carbocycles. The highest BCUT2D eigenvalue weighted by Gasteiger charge is 2.22. The molecule has 3 rings (SSSR count). The normalized spacial score (nSPS) is 16.6. The van der Waals surface area contributed by atoms with E-state index in [-0.39, 0.29) is 12.1 Å². The lowest BCUT2D eigenvalue weighted by atomic mass is 10.1. The second-order valence-electron chi connectivity index (χ2n) is 6.63. The Morgan fingerprint density at radius 2 is 2.08 bits per heavy atom. The Hall–Kier alpha value is -2.41. The molecule has 0 aliphatic carbocycles. The van der Waals surface area contributed by atoms with Gasteiger partial charge in [0.1, 0.15) is 5.82 Å². The van der Waals surface area contributed by atoms with Gasteiger partial charge >= 0.3 is 6.03 Å². The van der Waals surface area contributed by atoms with Crippen molar-refractivity contribution in [3.8, 4) is 0 Å². The maximum Gasteiger partial charge on any atom is 0.317 e. The maximum absolute atomic E-state index is 12.4. The Morgan fingerprint density at radius 3 is 2.72 bits per heavy atom. The van der Waals surface area contributed by atoms with Crippen LogP contribution in [0, 0.1) is 0 Å². The molecule has 0 unspecified atom stereocenters. The summed E-state index contributed by atoms with van der Waals surface area (Å²) in [6.45, 7) is 6.10. The zero-order valence-corrected chi connectivity index (χ0v) is 14.9. The second-order valence-corrected chi connectivity index (χ2v) is 6.63. The molecule has 0 radical (unpaired) electrons. The minimum atomic E-state index is 0.0213. The van der Waals surface area contributed by atoms with Gasteiger partial charge in [-0.25, -0.2) is 9.78 Å². The molecule has 7 heteroatoms. The molecule has 0 saturated carbocycles. The van der Waals surface area contributed by atoms with Crippen LogP contribution in [0.15, 0.2) is 36.9 Å². The summed E-state index contributed by atoms with van der Waals surface area (Å²) in [6.07, 6.45) is 8.18. The lowest BCUT2D eigenvalue weighted by Gasteiger charge is -2.35. The fraction of sp³-hybridized carbons (Fsp3) is 0.500. The fourth-order valence-corrected chi connectivity index (χ4v) is 3.08. The number of rotatable bonds is 5. The van der Waals surface area contributed by atoms with Crippen molar-refractivity contribution in [3.05, 3.63) is 48.3 Å². The number of nitrogens with zero attached hydrogens (tertiary/aromatic N) is 5. The van der Waals surface area contributed by atoms with E-state index in [0.717, 1.165) is 50.5 Å². The highest BCUT2D eigenvalue weighted by Crippen LogP contribution is 2.08. The summed E-state index contributed by atoms with van der Waals surface area (Å²) in [4.78, 5) is 25.2. The van der Waals surface area contributed by atoms with Gasteiger partial charge in [-0.2, -0.15) is 0 Å². The summed E-state index contributed by atoms with van der Waals surface area (Å²) in [6, 6.07) is 4.06. The molecule has 0 bridgehead atoms. The standard InChI is InChI=1S/C18H26N6O/c1-15(12-16-4-3-5-19-13-16)21-18(25)24-10-8-23(9-11-24)14-17-20-6-7-22(17)2/h3-7,13,15H,8-12,14H2,1-2H3,(H,21,25)/t15-/m0/s1. The van der Waals surface area contributed by atoms with Gasteiger partial charge in [0.2, 0.25) is 0 Å². The van der Waals surface area contributed by atoms with Crippen LogP contribution >= 0.6 is 0 Å². The molecular formula is C18H26N6O. The number of hydrogen-bond acceptors (Lipinski definition) is 4. The Balaban J connectivity index is 1.43. The summed E-state index contributed by atoms with van der Waals surface area (Å²) in [7, 11) is 2.01. The number of aryl methyl sites for hydroxylation is 1. The summed E-state index contributed by atoms with van der Waals surface area (Å²) in [5.74, 6) is 1.06. The number of amides is 2. The predicted octanol–water partition coefficient (Wildman–Crippen LogP) is 1.27. The molecule has 1 atom stereocenters. The van der Waals surface area contributed by atoms with Crippen molar-refractivity contribution in [2.24, 2.45) is 7.05 Å². The van der Waals surface area contributed by atoms with E-state index in [9.17, 15) is 4.79 Å². The van der Waals surface area contributed by atoms with Crippen LogP contribution in [0.5, 0.6) is 0 Å². The smallest absolute Gasteiger partial charge is 0.317 e. The summed E-state index contributed by atoms with van der Waals surface area (Å²) in [5.41, 5.74) is 1.13. The molecule has 134 valence electrons. The van der Waals surface area contributed by atoms with Crippen LogP contribution in [0.4, 0.5) is 4.79 Å². The first-order valence-corrected chi connectivity index (χ1v) is 8.74. The van der Waals surface area contributed by atoms with Gasteiger partial charge in [-0.1, -0.05) is 6.07 Å². The Bertz CT molecular complexity index is 678. The zero-order chi connectivity index (χ0) is 17.6. The van der Waals surface area contributed by atoms with E-state index in [1.54, 1.807) is 6.20 Å². The summed E-state index contributed by atoms with van der Waals surface area (Å²) in [5, 5.41) is 3.09. The minimum absolute atomic E-state index is 0.0213. The molecule has 1 fully saturated rings. The number of carbonyl (C=O) groups is 1. The van der Waals surface area contributed by atoms with Gasteiger partial charge in [0.25, 0.3) is 0 Å². The summed E-state index contributed by atoms with van der Waals surface area (Å²) < 4.78 is 2.04. The highest BCUT2D eigenvalue weighted by atomic mass is 16.2. The average molecular weight is 342 g/mol. The number of aromatic nitrogens is 3. The van der Waals surface area contributed by atoms with Gasteiger partial charge < -0.3 is 14.8 Å². The van der Waals surface area contributed by atoms with Crippen molar-refractivity contribution < 1.29 is 4.79 Å². The van der Waals surface area contributed by atoms with E-state index in [1.807, 2.05) is 54.2 Å². The fourth-order valence-electron chi connectivity index (χ4n) is 3.08. The number of urea groups is 1. The number of carbonyl (C=O) groups excluding carboxylic acids is 1. The second kappa shape index (κ2) is 8.11.